The van der Waals surface area contributed by atoms with Crippen LogP contribution >= 0.6 is 27.7 Å². The van der Waals surface area contributed by atoms with Crippen molar-refractivity contribution in [2.24, 2.45) is 0 Å². The number of halogens is 1. The lowest BCUT2D eigenvalue weighted by molar-refractivity contribution is -0.120. The predicted molar refractivity (Wildman–Crippen MR) is 85.5 cm³/mol. The first-order chi connectivity index (χ1) is 9.41. The number of thioether (sulfide) groups is 1. The standard InChI is InChI=1S/C14H17BrN2O2S/c1-5-8-14(3,17-10(2)18)13(20-4)19-12-7-6-11(15)9-16-12/h6-7,9,13H,1-4H3,(H,17,18). The Morgan fingerprint density at radius 1 is 1.60 bits per heavy atom. The number of nitrogens with zero attached hydrogens (tertiary/aromatic N) is 1. The van der Waals surface area contributed by atoms with E-state index in [2.05, 4.69) is 38.1 Å². The quantitative estimate of drug-likeness (QED) is 0.650. The van der Waals surface area contributed by atoms with E-state index >= 15 is 0 Å². The third-order valence-electron chi connectivity index (χ3n) is 2.43. The number of carbonyl (C=O) groups excluding carboxylic acids is 1. The van der Waals surface area contributed by atoms with Crippen LogP contribution in [0.5, 0.6) is 5.88 Å². The lowest BCUT2D eigenvalue weighted by atomic mass is 10.0. The van der Waals surface area contributed by atoms with Gasteiger partial charge in [0.2, 0.25) is 11.8 Å². The molecule has 0 aliphatic rings. The lowest BCUT2D eigenvalue weighted by Crippen LogP contribution is -2.53. The van der Waals surface area contributed by atoms with Gasteiger partial charge in [0.05, 0.1) is 0 Å². The van der Waals surface area contributed by atoms with Crippen LogP contribution < -0.4 is 10.1 Å². The number of carbonyl (C=O) groups is 1. The smallest absolute Gasteiger partial charge is 0.218 e. The van der Waals surface area contributed by atoms with Crippen molar-refractivity contribution in [1.82, 2.24) is 10.3 Å². The summed E-state index contributed by atoms with van der Waals surface area (Å²) in [5, 5.41) is 2.84. The second kappa shape index (κ2) is 7.55. The molecule has 0 radical (unpaired) electrons. The Balaban J connectivity index is 2.97. The predicted octanol–water partition coefficient (Wildman–Crippen LogP) is 2.83. The fraction of sp³-hybridized carbons (Fsp3) is 0.429. The van der Waals surface area contributed by atoms with Crippen molar-refractivity contribution in [2.75, 3.05) is 6.26 Å². The third kappa shape index (κ3) is 4.73. The largest absolute Gasteiger partial charge is 0.460 e. The maximum atomic E-state index is 11.4. The number of hydrogen-bond donors (Lipinski definition) is 1. The summed E-state index contributed by atoms with van der Waals surface area (Å²) in [5.41, 5.74) is -1.15. The molecule has 0 saturated heterocycles. The summed E-state index contributed by atoms with van der Waals surface area (Å²) in [6, 6.07) is 3.61. The second-order valence-corrected chi connectivity index (χ2v) is 6.07. The average Bonchev–Trinajstić information content (AvgIpc) is 2.37. The Hall–Kier alpha value is -1.19. The van der Waals surface area contributed by atoms with Crippen LogP contribution in [0.15, 0.2) is 22.8 Å². The van der Waals surface area contributed by atoms with E-state index in [4.69, 9.17) is 4.74 Å². The van der Waals surface area contributed by atoms with Gasteiger partial charge in [-0.15, -0.1) is 17.7 Å². The Kier molecular flexibility index (Phi) is 6.37. The molecule has 1 aromatic rings. The molecule has 1 amide bonds. The van der Waals surface area contributed by atoms with Crippen molar-refractivity contribution < 1.29 is 9.53 Å². The molecular weight excluding hydrogens is 340 g/mol. The van der Waals surface area contributed by atoms with E-state index in [1.54, 1.807) is 19.2 Å². The number of amides is 1. The molecule has 1 N–H and O–H groups in total. The molecule has 1 rings (SSSR count). The van der Waals surface area contributed by atoms with Crippen molar-refractivity contribution in [3.63, 3.8) is 0 Å². The molecule has 2 atom stereocenters. The first-order valence-corrected chi connectivity index (χ1v) is 8.03. The average molecular weight is 357 g/mol. The summed E-state index contributed by atoms with van der Waals surface area (Å²) in [6.07, 6.45) is 3.56. The lowest BCUT2D eigenvalue weighted by Gasteiger charge is -2.32. The first kappa shape index (κ1) is 16.9. The number of hydrogen-bond acceptors (Lipinski definition) is 4. The molecule has 108 valence electrons. The van der Waals surface area contributed by atoms with E-state index in [0.717, 1.165) is 4.47 Å². The minimum Gasteiger partial charge on any atom is -0.460 e. The second-order valence-electron chi connectivity index (χ2n) is 4.26. The highest BCUT2D eigenvalue weighted by molar-refractivity contribution is 9.10. The van der Waals surface area contributed by atoms with Gasteiger partial charge in [-0.05, 0) is 42.1 Å². The van der Waals surface area contributed by atoms with Gasteiger partial charge in [-0.2, -0.15) is 0 Å². The molecule has 0 bridgehead atoms. The van der Waals surface area contributed by atoms with Crippen molar-refractivity contribution in [2.45, 2.75) is 31.7 Å². The zero-order chi connectivity index (χ0) is 15.2. The summed E-state index contributed by atoms with van der Waals surface area (Å²) in [6.45, 7) is 5.03. The summed E-state index contributed by atoms with van der Waals surface area (Å²) >= 11 is 4.79. The number of ether oxygens (including phenoxy) is 1. The van der Waals surface area contributed by atoms with Crippen LogP contribution in [0.1, 0.15) is 20.8 Å². The summed E-state index contributed by atoms with van der Waals surface area (Å²) in [5.74, 6) is 6.18. The van der Waals surface area contributed by atoms with Gasteiger partial charge in [-0.1, -0.05) is 5.92 Å². The molecule has 0 aromatic carbocycles. The Labute approximate surface area is 132 Å². The van der Waals surface area contributed by atoms with Crippen LogP contribution in [0.4, 0.5) is 0 Å². The van der Waals surface area contributed by atoms with Gasteiger partial charge in [0.25, 0.3) is 0 Å². The minimum atomic E-state index is -0.783. The summed E-state index contributed by atoms with van der Waals surface area (Å²) in [7, 11) is 0. The molecule has 0 spiro atoms. The number of rotatable bonds is 5. The minimum absolute atomic E-state index is 0.151. The number of pyridine rings is 1. The van der Waals surface area contributed by atoms with Gasteiger partial charge < -0.3 is 10.1 Å². The molecule has 0 saturated carbocycles. The van der Waals surface area contributed by atoms with Crippen molar-refractivity contribution in [1.29, 1.82) is 0 Å². The normalized spacial score (nSPS) is 14.4. The fourth-order valence-corrected chi connectivity index (χ4v) is 2.74. The fourth-order valence-electron chi connectivity index (χ4n) is 1.72. The Morgan fingerprint density at radius 3 is 2.75 bits per heavy atom. The highest BCUT2D eigenvalue weighted by Gasteiger charge is 2.35. The molecule has 20 heavy (non-hydrogen) atoms. The monoisotopic (exact) mass is 356 g/mol. The van der Waals surface area contributed by atoms with E-state index in [1.807, 2.05) is 19.2 Å². The van der Waals surface area contributed by atoms with Crippen LogP contribution in [-0.4, -0.2) is 28.1 Å². The van der Waals surface area contributed by atoms with Crippen LogP contribution in [0, 0.1) is 11.8 Å². The van der Waals surface area contributed by atoms with E-state index in [9.17, 15) is 4.79 Å². The first-order valence-electron chi connectivity index (χ1n) is 5.95. The molecular formula is C14H17BrN2O2S. The number of aromatic nitrogens is 1. The van der Waals surface area contributed by atoms with Crippen LogP contribution in [0.25, 0.3) is 0 Å². The maximum Gasteiger partial charge on any atom is 0.218 e. The van der Waals surface area contributed by atoms with Gasteiger partial charge in [0.1, 0.15) is 5.54 Å². The third-order valence-corrected chi connectivity index (χ3v) is 3.90. The van der Waals surface area contributed by atoms with Gasteiger partial charge in [-0.3, -0.25) is 4.79 Å². The zero-order valence-corrected chi connectivity index (χ0v) is 14.3. The van der Waals surface area contributed by atoms with Gasteiger partial charge >= 0.3 is 0 Å². The SMILES string of the molecule is CC#CC(C)(NC(C)=O)C(Oc1ccc(Br)cn1)SC. The summed E-state index contributed by atoms with van der Waals surface area (Å²) < 4.78 is 6.73. The topological polar surface area (TPSA) is 51.2 Å². The molecule has 6 heteroatoms. The molecule has 4 nitrogen and oxygen atoms in total. The van der Waals surface area contributed by atoms with E-state index in [0.29, 0.717) is 5.88 Å². The van der Waals surface area contributed by atoms with Crippen molar-refractivity contribution in [3.8, 4) is 17.7 Å². The van der Waals surface area contributed by atoms with Crippen LogP contribution in [0.2, 0.25) is 0 Å². The molecule has 0 aliphatic heterocycles. The molecule has 0 aliphatic carbocycles. The molecule has 0 fully saturated rings. The van der Waals surface area contributed by atoms with Crippen molar-refractivity contribution >= 4 is 33.6 Å². The molecule has 1 aromatic heterocycles. The van der Waals surface area contributed by atoms with Gasteiger partial charge in [0.15, 0.2) is 5.44 Å². The van der Waals surface area contributed by atoms with Gasteiger partial charge in [-0.25, -0.2) is 4.98 Å². The Bertz CT molecular complexity index is 524. The highest BCUT2D eigenvalue weighted by Crippen LogP contribution is 2.25. The number of nitrogens with one attached hydrogen (secondary N) is 1. The van der Waals surface area contributed by atoms with E-state index in [1.165, 1.54) is 18.7 Å². The molecule has 2 unspecified atom stereocenters. The van der Waals surface area contributed by atoms with Crippen LogP contribution in [0.3, 0.4) is 0 Å². The summed E-state index contributed by atoms with van der Waals surface area (Å²) in [4.78, 5) is 15.6. The maximum absolute atomic E-state index is 11.4. The Morgan fingerprint density at radius 2 is 2.30 bits per heavy atom. The molecule has 1 heterocycles. The van der Waals surface area contributed by atoms with Gasteiger partial charge in [0, 0.05) is 23.7 Å². The van der Waals surface area contributed by atoms with E-state index in [-0.39, 0.29) is 11.3 Å². The van der Waals surface area contributed by atoms with Crippen LogP contribution in [-0.2, 0) is 4.79 Å². The highest BCUT2D eigenvalue weighted by atomic mass is 79.9. The van der Waals surface area contributed by atoms with E-state index < -0.39 is 5.54 Å². The van der Waals surface area contributed by atoms with Crippen molar-refractivity contribution in [3.05, 3.63) is 22.8 Å². The zero-order valence-electron chi connectivity index (χ0n) is 11.9.